The molecule has 1 unspecified atom stereocenters. The van der Waals surface area contributed by atoms with Crippen molar-refractivity contribution in [2.75, 3.05) is 13.7 Å². The zero-order chi connectivity index (χ0) is 15.0. The first kappa shape index (κ1) is 15.8. The lowest BCUT2D eigenvalue weighted by atomic mass is 10.2. The van der Waals surface area contributed by atoms with Crippen molar-refractivity contribution < 1.29 is 23.8 Å². The number of carboxylic acids is 1. The van der Waals surface area contributed by atoms with Gasteiger partial charge >= 0.3 is 5.97 Å². The van der Waals surface area contributed by atoms with Gasteiger partial charge < -0.3 is 15.2 Å². The molecule has 1 rings (SSSR count). The molecule has 6 heteroatoms. The number of hydrogen-bond acceptors (Lipinski definition) is 3. The van der Waals surface area contributed by atoms with Crippen LogP contribution in [0.5, 0.6) is 0 Å². The number of amides is 1. The summed E-state index contributed by atoms with van der Waals surface area (Å²) in [5, 5.41) is 11.1. The Morgan fingerprint density at radius 3 is 2.60 bits per heavy atom. The number of aliphatic carboxylic acids is 1. The van der Waals surface area contributed by atoms with Crippen LogP contribution in [0.2, 0.25) is 0 Å². The molecule has 0 aliphatic carbocycles. The minimum atomic E-state index is -0.993. The number of methoxy groups -OCH3 is 1. The second-order valence-electron chi connectivity index (χ2n) is 4.09. The standard InChI is InChI=1S/C14H16FNO4/c1-20-12(8-14(18)19)9-16-13(17)7-4-10-2-5-11(15)6-3-10/h2-7,12H,8-9H2,1H3,(H,16,17)(H,18,19)/b7-4+. The van der Waals surface area contributed by atoms with Crippen LogP contribution in [-0.2, 0) is 14.3 Å². The Labute approximate surface area is 116 Å². The molecule has 1 amide bonds. The van der Waals surface area contributed by atoms with Gasteiger partial charge in [0.15, 0.2) is 0 Å². The van der Waals surface area contributed by atoms with E-state index in [-0.39, 0.29) is 24.7 Å². The Kier molecular flexibility index (Phi) is 6.39. The molecule has 0 aromatic heterocycles. The molecule has 0 heterocycles. The van der Waals surface area contributed by atoms with E-state index in [9.17, 15) is 14.0 Å². The molecule has 1 atom stereocenters. The zero-order valence-electron chi connectivity index (χ0n) is 11.0. The first-order valence-electron chi connectivity index (χ1n) is 5.97. The Hall–Kier alpha value is -2.21. The maximum absolute atomic E-state index is 12.7. The van der Waals surface area contributed by atoms with E-state index in [2.05, 4.69) is 5.32 Å². The van der Waals surface area contributed by atoms with Gasteiger partial charge in [-0.05, 0) is 23.8 Å². The van der Waals surface area contributed by atoms with Crippen molar-refractivity contribution >= 4 is 18.0 Å². The fourth-order valence-corrected chi connectivity index (χ4v) is 1.45. The number of rotatable bonds is 7. The molecule has 0 fully saturated rings. The van der Waals surface area contributed by atoms with Crippen LogP contribution < -0.4 is 5.32 Å². The van der Waals surface area contributed by atoms with Crippen LogP contribution in [0.1, 0.15) is 12.0 Å². The average Bonchev–Trinajstić information content (AvgIpc) is 2.42. The SMILES string of the molecule is COC(CNC(=O)/C=C/c1ccc(F)cc1)CC(=O)O. The van der Waals surface area contributed by atoms with Gasteiger partial charge in [0.1, 0.15) is 5.82 Å². The van der Waals surface area contributed by atoms with Crippen molar-refractivity contribution in [1.82, 2.24) is 5.32 Å². The third-order valence-corrected chi connectivity index (χ3v) is 2.54. The maximum Gasteiger partial charge on any atom is 0.306 e. The summed E-state index contributed by atoms with van der Waals surface area (Å²) in [6, 6.07) is 5.68. The molecule has 5 nitrogen and oxygen atoms in total. The fraction of sp³-hybridized carbons (Fsp3) is 0.286. The van der Waals surface area contributed by atoms with Crippen molar-refractivity contribution in [3.05, 3.63) is 41.7 Å². The summed E-state index contributed by atoms with van der Waals surface area (Å²) in [7, 11) is 1.38. The maximum atomic E-state index is 12.7. The van der Waals surface area contributed by atoms with Gasteiger partial charge in [-0.25, -0.2) is 4.39 Å². The molecule has 0 saturated heterocycles. The predicted molar refractivity (Wildman–Crippen MR) is 71.5 cm³/mol. The monoisotopic (exact) mass is 281 g/mol. The van der Waals surface area contributed by atoms with E-state index >= 15 is 0 Å². The summed E-state index contributed by atoms with van der Waals surface area (Å²) in [5.74, 6) is -1.71. The zero-order valence-corrected chi connectivity index (χ0v) is 11.0. The second kappa shape index (κ2) is 8.06. The highest BCUT2D eigenvalue weighted by Gasteiger charge is 2.12. The number of ether oxygens (including phenoxy) is 1. The molecular weight excluding hydrogens is 265 g/mol. The van der Waals surface area contributed by atoms with E-state index in [4.69, 9.17) is 9.84 Å². The molecule has 1 aromatic rings. The smallest absolute Gasteiger partial charge is 0.306 e. The quantitative estimate of drug-likeness (QED) is 0.742. The lowest BCUT2D eigenvalue weighted by Gasteiger charge is -2.12. The van der Waals surface area contributed by atoms with E-state index in [1.165, 1.54) is 31.4 Å². The van der Waals surface area contributed by atoms with Crippen LogP contribution in [-0.4, -0.2) is 36.7 Å². The molecule has 1 aromatic carbocycles. The Bertz CT molecular complexity index is 484. The van der Waals surface area contributed by atoms with Crippen molar-refractivity contribution in [2.24, 2.45) is 0 Å². The molecule has 0 radical (unpaired) electrons. The third kappa shape index (κ3) is 6.10. The number of carboxylic acid groups (broad SMARTS) is 1. The van der Waals surface area contributed by atoms with Gasteiger partial charge in [0.25, 0.3) is 0 Å². The Morgan fingerprint density at radius 1 is 1.40 bits per heavy atom. The average molecular weight is 281 g/mol. The van der Waals surface area contributed by atoms with Crippen molar-refractivity contribution in [1.29, 1.82) is 0 Å². The van der Waals surface area contributed by atoms with Crippen LogP contribution in [0.25, 0.3) is 6.08 Å². The molecule has 108 valence electrons. The number of carbonyl (C=O) groups is 2. The molecule has 2 N–H and O–H groups in total. The number of carbonyl (C=O) groups excluding carboxylic acids is 1. The van der Waals surface area contributed by atoms with Gasteiger partial charge in [0.05, 0.1) is 12.5 Å². The molecule has 0 aliphatic heterocycles. The van der Waals surface area contributed by atoms with Crippen LogP contribution in [0.4, 0.5) is 4.39 Å². The second-order valence-corrected chi connectivity index (χ2v) is 4.09. The number of hydrogen-bond donors (Lipinski definition) is 2. The fourth-order valence-electron chi connectivity index (χ4n) is 1.45. The number of halogens is 1. The Balaban J connectivity index is 2.43. The summed E-state index contributed by atoms with van der Waals surface area (Å²) in [6.45, 7) is 0.107. The molecule has 0 bridgehead atoms. The van der Waals surface area contributed by atoms with Gasteiger partial charge in [0.2, 0.25) is 5.91 Å². The first-order chi connectivity index (χ1) is 9.51. The topological polar surface area (TPSA) is 75.6 Å². The lowest BCUT2D eigenvalue weighted by molar-refractivity contribution is -0.140. The summed E-state index contributed by atoms with van der Waals surface area (Å²) in [6.07, 6.45) is 2.07. The minimum absolute atomic E-state index is 0.107. The Morgan fingerprint density at radius 2 is 2.05 bits per heavy atom. The van der Waals surface area contributed by atoms with Crippen LogP contribution >= 0.6 is 0 Å². The van der Waals surface area contributed by atoms with Crippen LogP contribution in [0.15, 0.2) is 30.3 Å². The summed E-state index contributed by atoms with van der Waals surface area (Å²) >= 11 is 0. The van der Waals surface area contributed by atoms with Gasteiger partial charge in [-0.15, -0.1) is 0 Å². The van der Waals surface area contributed by atoms with Crippen molar-refractivity contribution in [3.8, 4) is 0 Å². The summed E-state index contributed by atoms with van der Waals surface area (Å²) < 4.78 is 17.6. The van der Waals surface area contributed by atoms with E-state index in [0.29, 0.717) is 5.56 Å². The lowest BCUT2D eigenvalue weighted by Crippen LogP contribution is -2.33. The number of nitrogens with one attached hydrogen (secondary N) is 1. The van der Waals surface area contributed by atoms with Crippen molar-refractivity contribution in [3.63, 3.8) is 0 Å². The van der Waals surface area contributed by atoms with E-state index in [0.717, 1.165) is 0 Å². The predicted octanol–water partition coefficient (Wildman–Crippen LogP) is 1.44. The largest absolute Gasteiger partial charge is 0.481 e. The van der Waals surface area contributed by atoms with E-state index < -0.39 is 12.1 Å². The highest BCUT2D eigenvalue weighted by atomic mass is 19.1. The molecule has 20 heavy (non-hydrogen) atoms. The van der Waals surface area contributed by atoms with Gasteiger partial charge in [-0.2, -0.15) is 0 Å². The third-order valence-electron chi connectivity index (χ3n) is 2.54. The summed E-state index contributed by atoms with van der Waals surface area (Å²) in [5.41, 5.74) is 0.690. The van der Waals surface area contributed by atoms with Crippen LogP contribution in [0.3, 0.4) is 0 Å². The summed E-state index contributed by atoms with van der Waals surface area (Å²) in [4.78, 5) is 22.0. The van der Waals surface area contributed by atoms with Gasteiger partial charge in [-0.3, -0.25) is 9.59 Å². The molecule has 0 saturated carbocycles. The first-order valence-corrected chi connectivity index (χ1v) is 5.97. The highest BCUT2D eigenvalue weighted by molar-refractivity contribution is 5.91. The van der Waals surface area contributed by atoms with Crippen molar-refractivity contribution in [2.45, 2.75) is 12.5 Å². The highest BCUT2D eigenvalue weighted by Crippen LogP contribution is 2.04. The minimum Gasteiger partial charge on any atom is -0.481 e. The molecular formula is C14H16FNO4. The molecule has 0 spiro atoms. The van der Waals surface area contributed by atoms with Gasteiger partial charge in [-0.1, -0.05) is 12.1 Å². The normalized spacial score (nSPS) is 12.3. The molecule has 0 aliphatic rings. The van der Waals surface area contributed by atoms with E-state index in [1.807, 2.05) is 0 Å². The van der Waals surface area contributed by atoms with Crippen LogP contribution in [0, 0.1) is 5.82 Å². The number of benzene rings is 1. The van der Waals surface area contributed by atoms with Gasteiger partial charge in [0, 0.05) is 19.7 Å². The van der Waals surface area contributed by atoms with E-state index in [1.54, 1.807) is 12.1 Å².